The second-order valence-electron chi connectivity index (χ2n) is 4.89. The predicted octanol–water partition coefficient (Wildman–Crippen LogP) is 2.89. The van der Waals surface area contributed by atoms with Gasteiger partial charge in [0.25, 0.3) is 0 Å². The molecule has 1 fully saturated rings. The molecule has 18 heavy (non-hydrogen) atoms. The van der Waals surface area contributed by atoms with Crippen molar-refractivity contribution in [2.45, 2.75) is 12.8 Å². The van der Waals surface area contributed by atoms with Crippen LogP contribution in [0.25, 0.3) is 0 Å². The van der Waals surface area contributed by atoms with Gasteiger partial charge in [-0.1, -0.05) is 0 Å². The first-order valence-electron chi connectivity index (χ1n) is 6.46. The number of hydrogen-bond donors (Lipinski definition) is 1. The molecule has 0 bridgehead atoms. The molecule has 0 radical (unpaired) electrons. The zero-order chi connectivity index (χ0) is 13.0. The molecule has 1 N–H and O–H groups in total. The summed E-state index contributed by atoms with van der Waals surface area (Å²) in [4.78, 5) is 2.31. The van der Waals surface area contributed by atoms with E-state index in [9.17, 15) is 0 Å². The Bertz CT molecular complexity index is 391. The number of rotatable bonds is 5. The van der Waals surface area contributed by atoms with Gasteiger partial charge in [-0.05, 0) is 66.0 Å². The molecule has 1 aliphatic rings. The van der Waals surface area contributed by atoms with Crippen LogP contribution < -0.4 is 15.0 Å². The van der Waals surface area contributed by atoms with Crippen molar-refractivity contribution < 1.29 is 4.74 Å². The molecule has 4 heteroatoms. The van der Waals surface area contributed by atoms with Crippen molar-refractivity contribution in [2.24, 2.45) is 5.92 Å². The van der Waals surface area contributed by atoms with Gasteiger partial charge in [-0.25, -0.2) is 0 Å². The minimum Gasteiger partial charge on any atom is -0.496 e. The van der Waals surface area contributed by atoms with E-state index in [-0.39, 0.29) is 0 Å². The molecule has 0 saturated carbocycles. The van der Waals surface area contributed by atoms with Crippen molar-refractivity contribution in [1.82, 2.24) is 5.32 Å². The lowest BCUT2D eigenvalue weighted by Crippen LogP contribution is -2.21. The maximum Gasteiger partial charge on any atom is 0.133 e. The van der Waals surface area contributed by atoms with E-state index < -0.39 is 0 Å². The highest BCUT2D eigenvalue weighted by atomic mass is 79.9. The smallest absolute Gasteiger partial charge is 0.133 e. The monoisotopic (exact) mass is 312 g/mol. The van der Waals surface area contributed by atoms with Crippen LogP contribution in [-0.4, -0.2) is 33.8 Å². The molecule has 0 amide bonds. The highest BCUT2D eigenvalue weighted by Crippen LogP contribution is 2.29. The van der Waals surface area contributed by atoms with Gasteiger partial charge >= 0.3 is 0 Å². The third-order valence-corrected chi connectivity index (χ3v) is 4.23. The number of ether oxygens (including phenoxy) is 1. The molecule has 2 rings (SSSR count). The third-order valence-electron chi connectivity index (χ3n) is 3.61. The molecule has 1 aromatic carbocycles. The first kappa shape index (κ1) is 13.7. The van der Waals surface area contributed by atoms with Gasteiger partial charge in [-0.2, -0.15) is 0 Å². The largest absolute Gasteiger partial charge is 0.496 e. The minimum absolute atomic E-state index is 0.842. The summed E-state index contributed by atoms with van der Waals surface area (Å²) >= 11 is 3.53. The molecular formula is C14H21BrN2O. The summed E-state index contributed by atoms with van der Waals surface area (Å²) in [6, 6.07) is 6.23. The van der Waals surface area contributed by atoms with Gasteiger partial charge in [0, 0.05) is 19.3 Å². The lowest BCUT2D eigenvalue weighted by molar-refractivity contribution is 0.412. The summed E-state index contributed by atoms with van der Waals surface area (Å²) in [6.45, 7) is 3.47. The van der Waals surface area contributed by atoms with Crippen LogP contribution in [0.1, 0.15) is 12.8 Å². The Morgan fingerprint density at radius 3 is 2.94 bits per heavy atom. The van der Waals surface area contributed by atoms with Crippen molar-refractivity contribution in [3.63, 3.8) is 0 Å². The first-order valence-corrected chi connectivity index (χ1v) is 7.25. The summed E-state index contributed by atoms with van der Waals surface area (Å²) < 4.78 is 6.26. The summed E-state index contributed by atoms with van der Waals surface area (Å²) in [5, 5.41) is 3.42. The highest BCUT2D eigenvalue weighted by Gasteiger charge is 2.15. The van der Waals surface area contributed by atoms with Crippen LogP contribution >= 0.6 is 15.9 Å². The molecule has 1 saturated heterocycles. The molecule has 1 aromatic rings. The number of benzene rings is 1. The third kappa shape index (κ3) is 3.39. The SMILES string of the molecule is COc1ccc(N(C)CCC2CCNC2)cc1Br. The van der Waals surface area contributed by atoms with Crippen molar-refractivity contribution in [1.29, 1.82) is 0 Å². The number of anilines is 1. The van der Waals surface area contributed by atoms with Gasteiger partial charge in [0.15, 0.2) is 0 Å². The predicted molar refractivity (Wildman–Crippen MR) is 79.6 cm³/mol. The van der Waals surface area contributed by atoms with Crippen LogP contribution in [0.3, 0.4) is 0 Å². The molecule has 100 valence electrons. The number of nitrogens with one attached hydrogen (secondary N) is 1. The van der Waals surface area contributed by atoms with Gasteiger partial charge in [-0.3, -0.25) is 0 Å². The van der Waals surface area contributed by atoms with Gasteiger partial charge in [-0.15, -0.1) is 0 Å². The second-order valence-corrected chi connectivity index (χ2v) is 5.74. The van der Waals surface area contributed by atoms with Crippen LogP contribution in [0.4, 0.5) is 5.69 Å². The van der Waals surface area contributed by atoms with Gasteiger partial charge < -0.3 is 15.0 Å². The van der Waals surface area contributed by atoms with Gasteiger partial charge in [0.2, 0.25) is 0 Å². The van der Waals surface area contributed by atoms with Crippen molar-refractivity contribution >= 4 is 21.6 Å². The summed E-state index contributed by atoms with van der Waals surface area (Å²) in [6.07, 6.45) is 2.58. The van der Waals surface area contributed by atoms with Crippen molar-refractivity contribution in [2.75, 3.05) is 38.7 Å². The Kier molecular flexibility index (Phi) is 4.89. The number of nitrogens with zero attached hydrogens (tertiary/aromatic N) is 1. The first-order chi connectivity index (χ1) is 8.70. The number of hydrogen-bond acceptors (Lipinski definition) is 3. The van der Waals surface area contributed by atoms with E-state index in [4.69, 9.17) is 4.74 Å². The lowest BCUT2D eigenvalue weighted by Gasteiger charge is -2.21. The Balaban J connectivity index is 1.91. The van der Waals surface area contributed by atoms with E-state index in [2.05, 4.69) is 45.3 Å². The van der Waals surface area contributed by atoms with Gasteiger partial charge in [0.05, 0.1) is 11.6 Å². The molecule has 1 unspecified atom stereocenters. The maximum absolute atomic E-state index is 5.25. The lowest BCUT2D eigenvalue weighted by atomic mass is 10.0. The molecule has 1 aliphatic heterocycles. The zero-order valence-corrected chi connectivity index (χ0v) is 12.7. The minimum atomic E-state index is 0.842. The van der Waals surface area contributed by atoms with E-state index in [0.29, 0.717) is 0 Å². The number of methoxy groups -OCH3 is 1. The quantitative estimate of drug-likeness (QED) is 0.905. The average molecular weight is 313 g/mol. The van der Waals surface area contributed by atoms with E-state index in [1.54, 1.807) is 7.11 Å². The fourth-order valence-corrected chi connectivity index (χ4v) is 2.89. The molecule has 0 aromatic heterocycles. The number of halogens is 1. The maximum atomic E-state index is 5.25. The van der Waals surface area contributed by atoms with Crippen LogP contribution in [-0.2, 0) is 0 Å². The molecule has 0 aliphatic carbocycles. The summed E-state index contributed by atoms with van der Waals surface area (Å²) in [5.41, 5.74) is 1.23. The molecule has 3 nitrogen and oxygen atoms in total. The van der Waals surface area contributed by atoms with Crippen LogP contribution in [0.15, 0.2) is 22.7 Å². The molecule has 1 heterocycles. The normalized spacial score (nSPS) is 18.9. The van der Waals surface area contributed by atoms with Crippen molar-refractivity contribution in [3.8, 4) is 5.75 Å². The van der Waals surface area contributed by atoms with E-state index in [1.807, 2.05) is 6.07 Å². The zero-order valence-electron chi connectivity index (χ0n) is 11.1. The van der Waals surface area contributed by atoms with Crippen LogP contribution in [0, 0.1) is 5.92 Å². The Hall–Kier alpha value is -0.740. The molecular weight excluding hydrogens is 292 g/mol. The standard InChI is InChI=1S/C14H21BrN2O/c1-17(8-6-11-5-7-16-10-11)12-3-4-14(18-2)13(15)9-12/h3-4,9,11,16H,5-8,10H2,1-2H3. The van der Waals surface area contributed by atoms with E-state index in [1.165, 1.54) is 31.6 Å². The Morgan fingerprint density at radius 1 is 1.50 bits per heavy atom. The average Bonchev–Trinajstić information content (AvgIpc) is 2.89. The Labute approximate surface area is 118 Å². The summed E-state index contributed by atoms with van der Waals surface area (Å²) in [7, 11) is 3.84. The van der Waals surface area contributed by atoms with E-state index in [0.717, 1.165) is 22.7 Å². The highest BCUT2D eigenvalue weighted by molar-refractivity contribution is 9.10. The van der Waals surface area contributed by atoms with Crippen molar-refractivity contribution in [3.05, 3.63) is 22.7 Å². The van der Waals surface area contributed by atoms with Crippen LogP contribution in [0.5, 0.6) is 5.75 Å². The molecule has 1 atom stereocenters. The van der Waals surface area contributed by atoms with E-state index >= 15 is 0 Å². The fourth-order valence-electron chi connectivity index (χ4n) is 2.36. The Morgan fingerprint density at radius 2 is 2.33 bits per heavy atom. The molecule has 0 spiro atoms. The fraction of sp³-hybridized carbons (Fsp3) is 0.571. The summed E-state index contributed by atoms with van der Waals surface area (Å²) in [5.74, 6) is 1.72. The van der Waals surface area contributed by atoms with Gasteiger partial charge in [0.1, 0.15) is 5.75 Å². The van der Waals surface area contributed by atoms with Crippen LogP contribution in [0.2, 0.25) is 0 Å². The topological polar surface area (TPSA) is 24.5 Å². The second kappa shape index (κ2) is 6.43.